The van der Waals surface area contributed by atoms with Crippen molar-refractivity contribution in [1.29, 1.82) is 0 Å². The monoisotopic (exact) mass is 251 g/mol. The van der Waals surface area contributed by atoms with Gasteiger partial charge in [0.2, 0.25) is 0 Å². The molecule has 0 bridgehead atoms. The summed E-state index contributed by atoms with van der Waals surface area (Å²) in [5, 5.41) is 3.77. The minimum atomic E-state index is -1.11. The summed E-state index contributed by atoms with van der Waals surface area (Å²) in [7, 11) is 0. The summed E-state index contributed by atoms with van der Waals surface area (Å²) in [6.45, 7) is 0. The molecule has 0 heterocycles. The van der Waals surface area contributed by atoms with Gasteiger partial charge in [-0.05, 0) is 11.6 Å². The van der Waals surface area contributed by atoms with Gasteiger partial charge in [-0.1, -0.05) is 41.9 Å². The lowest BCUT2D eigenvalue weighted by atomic mass is 10.2. The van der Waals surface area contributed by atoms with Gasteiger partial charge in [-0.3, -0.25) is 9.59 Å². The number of nitrogens with two attached hydrogens (primary N) is 1. The molecule has 2 amide bonds. The van der Waals surface area contributed by atoms with Crippen molar-refractivity contribution in [2.75, 3.05) is 0 Å². The number of carbonyl (C=O) groups is 2. The zero-order valence-corrected chi connectivity index (χ0v) is 9.52. The first-order valence-corrected chi connectivity index (χ1v) is 5.02. The average Bonchev–Trinajstić information content (AvgIpc) is 2.30. The second-order valence-electron chi connectivity index (χ2n) is 3.00. The Labute approximate surface area is 103 Å². The lowest BCUT2D eigenvalue weighted by Gasteiger charge is -1.94. The Morgan fingerprint density at radius 2 is 1.94 bits per heavy atom. The van der Waals surface area contributed by atoms with Gasteiger partial charge in [0.1, 0.15) is 0 Å². The molecule has 0 radical (unpaired) electrons. The van der Waals surface area contributed by atoms with Crippen LogP contribution in [-0.4, -0.2) is 18.0 Å². The van der Waals surface area contributed by atoms with Crippen LogP contribution in [0.4, 0.5) is 0 Å². The van der Waals surface area contributed by atoms with Gasteiger partial charge in [0.25, 0.3) is 0 Å². The molecule has 1 aromatic rings. The summed E-state index contributed by atoms with van der Waals surface area (Å²) in [5.41, 5.74) is 7.53. The van der Waals surface area contributed by atoms with Crippen LogP contribution in [0.15, 0.2) is 40.5 Å². The van der Waals surface area contributed by atoms with E-state index in [1.807, 2.05) is 35.8 Å². The van der Waals surface area contributed by atoms with E-state index in [9.17, 15) is 9.59 Å². The number of amides is 2. The Kier molecular flexibility index (Phi) is 4.90. The number of nitrogens with zero attached hydrogens (tertiary/aromatic N) is 1. The van der Waals surface area contributed by atoms with Gasteiger partial charge < -0.3 is 5.73 Å². The number of nitrogens with one attached hydrogen (secondary N) is 1. The highest BCUT2D eigenvalue weighted by molar-refractivity contribution is 6.41. The van der Waals surface area contributed by atoms with Gasteiger partial charge in [0.15, 0.2) is 0 Å². The van der Waals surface area contributed by atoms with Crippen LogP contribution in [0.3, 0.4) is 0 Å². The Morgan fingerprint density at radius 3 is 2.53 bits per heavy atom. The summed E-state index contributed by atoms with van der Waals surface area (Å²) in [6, 6.07) is 9.33. The second-order valence-corrected chi connectivity index (χ2v) is 3.44. The van der Waals surface area contributed by atoms with Gasteiger partial charge in [0, 0.05) is 0 Å². The van der Waals surface area contributed by atoms with E-state index in [1.54, 1.807) is 6.08 Å². The molecule has 0 saturated carbocycles. The van der Waals surface area contributed by atoms with E-state index in [4.69, 9.17) is 17.3 Å². The smallest absolute Gasteiger partial charge is 0.329 e. The van der Waals surface area contributed by atoms with E-state index in [2.05, 4.69) is 5.10 Å². The number of allylic oxidation sites excluding steroid dienone is 1. The molecule has 0 atom stereocenters. The predicted molar refractivity (Wildman–Crippen MR) is 66.1 cm³/mol. The fourth-order valence-corrected chi connectivity index (χ4v) is 1.13. The van der Waals surface area contributed by atoms with Crippen LogP contribution in [0.25, 0.3) is 6.08 Å². The largest absolute Gasteiger partial charge is 0.361 e. The van der Waals surface area contributed by atoms with Crippen molar-refractivity contribution in [3.8, 4) is 0 Å². The maximum Gasteiger partial charge on any atom is 0.329 e. The third-order valence-electron chi connectivity index (χ3n) is 1.68. The van der Waals surface area contributed by atoms with E-state index in [0.29, 0.717) is 5.03 Å². The van der Waals surface area contributed by atoms with Crippen LogP contribution >= 0.6 is 11.6 Å². The highest BCUT2D eigenvalue weighted by Crippen LogP contribution is 2.07. The van der Waals surface area contributed by atoms with E-state index >= 15 is 0 Å². The van der Waals surface area contributed by atoms with E-state index in [0.717, 1.165) is 5.56 Å². The van der Waals surface area contributed by atoms with Gasteiger partial charge in [-0.25, -0.2) is 5.43 Å². The Morgan fingerprint density at radius 1 is 1.29 bits per heavy atom. The molecule has 17 heavy (non-hydrogen) atoms. The molecule has 0 aliphatic rings. The topological polar surface area (TPSA) is 84.5 Å². The molecule has 1 aromatic carbocycles. The predicted octanol–water partition coefficient (Wildman–Crippen LogP) is 0.854. The van der Waals surface area contributed by atoms with Crippen molar-refractivity contribution in [1.82, 2.24) is 5.43 Å². The molecule has 0 aliphatic heterocycles. The number of hydrazone groups is 1. The Bertz CT molecular complexity index is 469. The average molecular weight is 252 g/mol. The fraction of sp³-hybridized carbons (Fsp3) is 0. The number of carbonyl (C=O) groups excluding carboxylic acids is 2. The molecule has 5 nitrogen and oxygen atoms in total. The minimum absolute atomic E-state index is 0.306. The number of rotatable bonds is 3. The maximum atomic E-state index is 10.7. The number of hydrogen-bond donors (Lipinski definition) is 2. The van der Waals surface area contributed by atoms with Crippen molar-refractivity contribution < 1.29 is 9.59 Å². The summed E-state index contributed by atoms with van der Waals surface area (Å²) < 4.78 is 0. The highest BCUT2D eigenvalue weighted by Gasteiger charge is 2.05. The van der Waals surface area contributed by atoms with Gasteiger partial charge in [-0.15, -0.1) is 0 Å². The first-order valence-electron chi connectivity index (χ1n) is 4.64. The third-order valence-corrected chi connectivity index (χ3v) is 1.89. The van der Waals surface area contributed by atoms with E-state index in [-0.39, 0.29) is 0 Å². The number of halogens is 1. The van der Waals surface area contributed by atoms with Crippen LogP contribution in [0.1, 0.15) is 5.56 Å². The molecule has 0 unspecified atom stereocenters. The summed E-state index contributed by atoms with van der Waals surface area (Å²) in [5.74, 6) is -2.10. The van der Waals surface area contributed by atoms with Crippen molar-refractivity contribution in [3.63, 3.8) is 0 Å². The molecular weight excluding hydrogens is 242 g/mol. The molecule has 0 fully saturated rings. The molecule has 88 valence electrons. The fourth-order valence-electron chi connectivity index (χ4n) is 0.953. The summed E-state index contributed by atoms with van der Waals surface area (Å²) in [4.78, 5) is 21.1. The SMILES string of the molecule is NC(=O)C(=O)N/N=C\C(Cl)=C\c1ccccc1. The molecule has 0 aliphatic carbocycles. The molecule has 6 heteroatoms. The molecule has 0 spiro atoms. The van der Waals surface area contributed by atoms with Crippen LogP contribution in [-0.2, 0) is 9.59 Å². The van der Waals surface area contributed by atoms with Crippen LogP contribution in [0.5, 0.6) is 0 Å². The Hall–Kier alpha value is -2.14. The minimum Gasteiger partial charge on any atom is -0.361 e. The molecule has 0 saturated heterocycles. The molecular formula is C11H10ClN3O2. The van der Waals surface area contributed by atoms with E-state index < -0.39 is 11.8 Å². The molecule has 3 N–H and O–H groups in total. The Balaban J connectivity index is 2.58. The molecule has 0 aromatic heterocycles. The van der Waals surface area contributed by atoms with Crippen molar-refractivity contribution in [2.24, 2.45) is 10.8 Å². The zero-order valence-electron chi connectivity index (χ0n) is 8.76. The normalized spacial score (nSPS) is 11.5. The first-order chi connectivity index (χ1) is 8.09. The lowest BCUT2D eigenvalue weighted by Crippen LogP contribution is -2.32. The van der Waals surface area contributed by atoms with Crippen LogP contribution in [0.2, 0.25) is 0 Å². The number of primary amides is 1. The zero-order chi connectivity index (χ0) is 12.7. The van der Waals surface area contributed by atoms with Gasteiger partial charge in [0.05, 0.1) is 11.2 Å². The van der Waals surface area contributed by atoms with Crippen molar-refractivity contribution in [2.45, 2.75) is 0 Å². The van der Waals surface area contributed by atoms with Crippen molar-refractivity contribution in [3.05, 3.63) is 40.9 Å². The summed E-state index contributed by atoms with van der Waals surface area (Å²) >= 11 is 5.82. The number of hydrogen-bond acceptors (Lipinski definition) is 3. The van der Waals surface area contributed by atoms with Gasteiger partial charge in [-0.2, -0.15) is 5.10 Å². The first kappa shape index (κ1) is 12.9. The van der Waals surface area contributed by atoms with Crippen LogP contribution < -0.4 is 11.2 Å². The third kappa shape index (κ3) is 4.94. The lowest BCUT2D eigenvalue weighted by molar-refractivity contribution is -0.137. The molecule has 1 rings (SSSR count). The maximum absolute atomic E-state index is 10.7. The van der Waals surface area contributed by atoms with Crippen molar-refractivity contribution >= 4 is 35.7 Å². The van der Waals surface area contributed by atoms with E-state index in [1.165, 1.54) is 6.21 Å². The summed E-state index contributed by atoms with van der Waals surface area (Å²) in [6.07, 6.45) is 2.86. The second kappa shape index (κ2) is 6.44. The van der Waals surface area contributed by atoms with Crippen LogP contribution in [0, 0.1) is 0 Å². The van der Waals surface area contributed by atoms with Gasteiger partial charge >= 0.3 is 11.8 Å². The quantitative estimate of drug-likeness (QED) is 0.474. The highest BCUT2D eigenvalue weighted by atomic mass is 35.5. The number of benzene rings is 1. The standard InChI is InChI=1S/C11H10ClN3O2/c12-9(6-8-4-2-1-3-5-8)7-14-15-11(17)10(13)16/h1-7H,(H2,13,16)(H,15,17)/b9-6-,14-7-.